The minimum atomic E-state index is -0.271. The Hall–Kier alpha value is -2.14. The van der Waals surface area contributed by atoms with E-state index in [4.69, 9.17) is 16.0 Å². The highest BCUT2D eigenvalue weighted by atomic mass is 35.5. The van der Waals surface area contributed by atoms with Crippen LogP contribution in [0.3, 0.4) is 0 Å². The van der Waals surface area contributed by atoms with Crippen molar-refractivity contribution >= 4 is 22.6 Å². The van der Waals surface area contributed by atoms with Crippen molar-refractivity contribution in [1.29, 1.82) is 0 Å². The van der Waals surface area contributed by atoms with Crippen LogP contribution in [-0.4, -0.2) is 31.1 Å². The SMILES string of the molecule is O=c1oc2ccccc2c(-c2cccc(Cl)c2)c1CN1CCNCC1. The highest BCUT2D eigenvalue weighted by Gasteiger charge is 2.20. The molecule has 0 spiro atoms. The van der Waals surface area contributed by atoms with Crippen molar-refractivity contribution < 1.29 is 4.42 Å². The molecule has 5 heteroatoms. The molecule has 25 heavy (non-hydrogen) atoms. The molecule has 0 amide bonds. The van der Waals surface area contributed by atoms with E-state index in [2.05, 4.69) is 10.2 Å². The number of nitrogens with zero attached hydrogens (tertiary/aromatic N) is 1. The third-order valence-electron chi connectivity index (χ3n) is 4.61. The number of fused-ring (bicyclic) bond motifs is 1. The summed E-state index contributed by atoms with van der Waals surface area (Å²) in [6.07, 6.45) is 0. The van der Waals surface area contributed by atoms with Gasteiger partial charge in [-0.1, -0.05) is 41.9 Å². The Morgan fingerprint density at radius 3 is 2.68 bits per heavy atom. The summed E-state index contributed by atoms with van der Waals surface area (Å²) in [6.45, 7) is 4.29. The van der Waals surface area contributed by atoms with Crippen LogP contribution in [0.5, 0.6) is 0 Å². The summed E-state index contributed by atoms with van der Waals surface area (Å²) in [5.74, 6) is 0. The van der Waals surface area contributed by atoms with Crippen LogP contribution in [0.2, 0.25) is 5.02 Å². The first-order valence-corrected chi connectivity index (χ1v) is 8.84. The number of piperazine rings is 1. The van der Waals surface area contributed by atoms with Gasteiger partial charge in [-0.05, 0) is 23.8 Å². The molecule has 1 fully saturated rings. The number of nitrogens with one attached hydrogen (secondary N) is 1. The maximum Gasteiger partial charge on any atom is 0.341 e. The Kier molecular flexibility index (Phi) is 4.57. The average Bonchev–Trinajstić information content (AvgIpc) is 2.63. The number of para-hydroxylation sites is 1. The molecule has 1 aromatic heterocycles. The zero-order chi connectivity index (χ0) is 17.2. The van der Waals surface area contributed by atoms with Crippen LogP contribution in [0, 0.1) is 0 Å². The molecule has 0 aliphatic carbocycles. The van der Waals surface area contributed by atoms with E-state index in [1.807, 2.05) is 48.5 Å². The van der Waals surface area contributed by atoms with Crippen LogP contribution in [0.4, 0.5) is 0 Å². The van der Waals surface area contributed by atoms with E-state index in [1.54, 1.807) is 0 Å². The molecule has 1 aliphatic heterocycles. The largest absolute Gasteiger partial charge is 0.422 e. The highest BCUT2D eigenvalue weighted by molar-refractivity contribution is 6.30. The third-order valence-corrected chi connectivity index (χ3v) is 4.85. The number of rotatable bonds is 3. The first-order valence-electron chi connectivity index (χ1n) is 8.46. The Morgan fingerprint density at radius 1 is 1.08 bits per heavy atom. The molecule has 0 bridgehead atoms. The van der Waals surface area contributed by atoms with E-state index in [1.165, 1.54) is 0 Å². The van der Waals surface area contributed by atoms with Gasteiger partial charge in [0.2, 0.25) is 0 Å². The summed E-state index contributed by atoms with van der Waals surface area (Å²) in [4.78, 5) is 15.0. The molecule has 0 unspecified atom stereocenters. The third kappa shape index (κ3) is 3.33. The molecule has 1 saturated heterocycles. The molecule has 128 valence electrons. The zero-order valence-corrected chi connectivity index (χ0v) is 14.6. The smallest absolute Gasteiger partial charge is 0.341 e. The molecule has 0 saturated carbocycles. The standard InChI is InChI=1S/C20H19ClN2O2/c21-15-5-3-4-14(12-15)19-16-6-1-2-7-18(16)25-20(24)17(19)13-23-10-8-22-9-11-23/h1-7,12,22H,8-11,13H2. The molecule has 2 heterocycles. The molecule has 4 rings (SSSR count). The fourth-order valence-corrected chi connectivity index (χ4v) is 3.59. The van der Waals surface area contributed by atoms with Gasteiger partial charge in [0, 0.05) is 48.7 Å². The van der Waals surface area contributed by atoms with Gasteiger partial charge < -0.3 is 9.73 Å². The van der Waals surface area contributed by atoms with Gasteiger partial charge in [-0.15, -0.1) is 0 Å². The number of hydrogen-bond acceptors (Lipinski definition) is 4. The summed E-state index contributed by atoms with van der Waals surface area (Å²) in [7, 11) is 0. The van der Waals surface area contributed by atoms with Gasteiger partial charge in [0.15, 0.2) is 0 Å². The van der Waals surface area contributed by atoms with Gasteiger partial charge in [0.1, 0.15) is 5.58 Å². The minimum absolute atomic E-state index is 0.271. The van der Waals surface area contributed by atoms with Crippen LogP contribution >= 0.6 is 11.6 Å². The van der Waals surface area contributed by atoms with Gasteiger partial charge in [0.05, 0.1) is 5.56 Å². The van der Waals surface area contributed by atoms with Gasteiger partial charge in [-0.2, -0.15) is 0 Å². The number of halogens is 1. The van der Waals surface area contributed by atoms with Crippen LogP contribution in [-0.2, 0) is 6.54 Å². The molecule has 0 atom stereocenters. The van der Waals surface area contributed by atoms with Crippen molar-refractivity contribution in [1.82, 2.24) is 10.2 Å². The number of benzene rings is 2. The Balaban J connectivity index is 1.92. The van der Waals surface area contributed by atoms with Crippen molar-refractivity contribution in [2.75, 3.05) is 26.2 Å². The molecule has 3 aromatic rings. The lowest BCUT2D eigenvalue weighted by Crippen LogP contribution is -2.43. The molecule has 1 aliphatic rings. The van der Waals surface area contributed by atoms with Crippen molar-refractivity contribution in [2.24, 2.45) is 0 Å². The highest BCUT2D eigenvalue weighted by Crippen LogP contribution is 2.32. The quantitative estimate of drug-likeness (QED) is 0.731. The monoisotopic (exact) mass is 354 g/mol. The second-order valence-electron chi connectivity index (χ2n) is 6.28. The Bertz CT molecular complexity index is 961. The second-order valence-corrected chi connectivity index (χ2v) is 6.71. The maximum atomic E-state index is 12.7. The summed E-state index contributed by atoms with van der Waals surface area (Å²) < 4.78 is 5.60. The van der Waals surface area contributed by atoms with E-state index in [9.17, 15) is 4.79 Å². The van der Waals surface area contributed by atoms with E-state index >= 15 is 0 Å². The predicted octanol–water partition coefficient (Wildman–Crippen LogP) is 3.52. The Morgan fingerprint density at radius 2 is 1.88 bits per heavy atom. The lowest BCUT2D eigenvalue weighted by Gasteiger charge is -2.27. The zero-order valence-electron chi connectivity index (χ0n) is 13.8. The van der Waals surface area contributed by atoms with E-state index in [-0.39, 0.29) is 5.63 Å². The summed E-state index contributed by atoms with van der Waals surface area (Å²) in [5, 5.41) is 4.93. The van der Waals surface area contributed by atoms with Gasteiger partial charge in [0.25, 0.3) is 0 Å². The van der Waals surface area contributed by atoms with Gasteiger partial charge in [-0.25, -0.2) is 4.79 Å². The van der Waals surface area contributed by atoms with Crippen molar-refractivity contribution in [3.05, 3.63) is 69.5 Å². The topological polar surface area (TPSA) is 45.5 Å². The Labute approximate surface area is 151 Å². The molecular formula is C20H19ClN2O2. The van der Waals surface area contributed by atoms with Crippen molar-refractivity contribution in [3.8, 4) is 11.1 Å². The molecule has 2 aromatic carbocycles. The molecule has 0 radical (unpaired) electrons. The summed E-state index contributed by atoms with van der Waals surface area (Å²) >= 11 is 6.21. The first kappa shape index (κ1) is 16.3. The normalized spacial score (nSPS) is 15.6. The van der Waals surface area contributed by atoms with Crippen LogP contribution < -0.4 is 10.9 Å². The predicted molar refractivity (Wildman–Crippen MR) is 101 cm³/mol. The molecular weight excluding hydrogens is 336 g/mol. The number of hydrogen-bond donors (Lipinski definition) is 1. The van der Waals surface area contributed by atoms with E-state index in [0.29, 0.717) is 22.7 Å². The van der Waals surface area contributed by atoms with E-state index < -0.39 is 0 Å². The van der Waals surface area contributed by atoms with E-state index in [0.717, 1.165) is 42.7 Å². The van der Waals surface area contributed by atoms with Gasteiger partial charge in [-0.3, -0.25) is 4.90 Å². The maximum absolute atomic E-state index is 12.7. The van der Waals surface area contributed by atoms with Crippen LogP contribution in [0.1, 0.15) is 5.56 Å². The fourth-order valence-electron chi connectivity index (χ4n) is 3.40. The summed E-state index contributed by atoms with van der Waals surface area (Å²) in [5.41, 5.74) is 2.90. The van der Waals surface area contributed by atoms with Crippen LogP contribution in [0.15, 0.2) is 57.7 Å². The van der Waals surface area contributed by atoms with Crippen LogP contribution in [0.25, 0.3) is 22.1 Å². The summed E-state index contributed by atoms with van der Waals surface area (Å²) in [6, 6.07) is 15.3. The van der Waals surface area contributed by atoms with Gasteiger partial charge >= 0.3 is 5.63 Å². The lowest BCUT2D eigenvalue weighted by molar-refractivity contribution is 0.231. The first-order chi connectivity index (χ1) is 12.2. The minimum Gasteiger partial charge on any atom is -0.422 e. The lowest BCUT2D eigenvalue weighted by atomic mass is 9.96. The van der Waals surface area contributed by atoms with Crippen molar-refractivity contribution in [2.45, 2.75) is 6.54 Å². The molecule has 1 N–H and O–H groups in total. The second kappa shape index (κ2) is 7.00. The fraction of sp³-hybridized carbons (Fsp3) is 0.250. The molecule has 4 nitrogen and oxygen atoms in total. The average molecular weight is 355 g/mol. The van der Waals surface area contributed by atoms with Crippen molar-refractivity contribution in [3.63, 3.8) is 0 Å².